The van der Waals surface area contributed by atoms with Crippen LogP contribution in [0, 0.1) is 0 Å². The Bertz CT molecular complexity index is 569. The second-order valence-electron chi connectivity index (χ2n) is 5.79. The third-order valence-corrected chi connectivity index (χ3v) is 5.12. The molecule has 2 heterocycles. The predicted octanol–water partition coefficient (Wildman–Crippen LogP) is 4.73. The van der Waals surface area contributed by atoms with Gasteiger partial charge in [0.15, 0.2) is 5.01 Å². The van der Waals surface area contributed by atoms with Crippen LogP contribution in [0.2, 0.25) is 0 Å². The van der Waals surface area contributed by atoms with Crippen molar-refractivity contribution in [2.24, 2.45) is 0 Å². The Labute approximate surface area is 128 Å². The highest BCUT2D eigenvalue weighted by Crippen LogP contribution is 2.39. The minimum atomic E-state index is 0.369. The summed E-state index contributed by atoms with van der Waals surface area (Å²) in [5.74, 6) is 0.853. The molecule has 6 heteroatoms. The van der Waals surface area contributed by atoms with E-state index in [0.717, 1.165) is 15.8 Å². The van der Waals surface area contributed by atoms with E-state index in [-0.39, 0.29) is 0 Å². The summed E-state index contributed by atoms with van der Waals surface area (Å²) in [6.07, 6.45) is 0. The molecule has 0 saturated heterocycles. The normalized spacial score (nSPS) is 11.8. The summed E-state index contributed by atoms with van der Waals surface area (Å²) in [7, 11) is 0. The van der Waals surface area contributed by atoms with Crippen LogP contribution in [0.3, 0.4) is 0 Å². The van der Waals surface area contributed by atoms with Gasteiger partial charge in [0.2, 0.25) is 5.13 Å². The van der Waals surface area contributed by atoms with Crippen molar-refractivity contribution in [3.05, 3.63) is 10.7 Å². The molecule has 0 atom stereocenters. The lowest BCUT2D eigenvalue weighted by molar-refractivity contribution is 0.793. The van der Waals surface area contributed by atoms with E-state index in [1.54, 1.807) is 22.7 Å². The smallest absolute Gasteiger partial charge is 0.206 e. The average Bonchev–Trinajstić information content (AvgIpc) is 2.93. The van der Waals surface area contributed by atoms with Crippen LogP contribution in [0.5, 0.6) is 0 Å². The third kappa shape index (κ3) is 3.35. The number of nitrogens with one attached hydrogen (secondary N) is 1. The third-order valence-electron chi connectivity index (χ3n) is 2.74. The molecule has 0 amide bonds. The van der Waals surface area contributed by atoms with Crippen molar-refractivity contribution in [2.75, 3.05) is 5.32 Å². The highest BCUT2D eigenvalue weighted by molar-refractivity contribution is 7.23. The lowest BCUT2D eigenvalue weighted by atomic mass is 10.1. The Hall–Kier alpha value is -1.01. The second-order valence-corrected chi connectivity index (χ2v) is 7.80. The van der Waals surface area contributed by atoms with Crippen LogP contribution in [0.25, 0.3) is 9.88 Å². The zero-order valence-corrected chi connectivity index (χ0v) is 14.5. The molecular formula is C14H22N4S2. The summed E-state index contributed by atoms with van der Waals surface area (Å²) >= 11 is 3.36. The summed E-state index contributed by atoms with van der Waals surface area (Å²) in [4.78, 5) is 5.97. The number of aromatic nitrogens is 3. The molecule has 0 aliphatic carbocycles. The van der Waals surface area contributed by atoms with Gasteiger partial charge >= 0.3 is 0 Å². The van der Waals surface area contributed by atoms with Gasteiger partial charge in [-0.25, -0.2) is 4.98 Å². The predicted molar refractivity (Wildman–Crippen MR) is 88.0 cm³/mol. The quantitative estimate of drug-likeness (QED) is 0.867. The maximum atomic E-state index is 4.79. The fourth-order valence-corrected chi connectivity index (χ4v) is 3.95. The van der Waals surface area contributed by atoms with Gasteiger partial charge in [0.1, 0.15) is 0 Å². The Balaban J connectivity index is 2.38. The molecule has 0 aromatic carbocycles. The van der Waals surface area contributed by atoms with E-state index in [4.69, 9.17) is 4.98 Å². The highest BCUT2D eigenvalue weighted by atomic mass is 32.1. The van der Waals surface area contributed by atoms with Gasteiger partial charge in [-0.1, -0.05) is 39.0 Å². The van der Waals surface area contributed by atoms with Gasteiger partial charge in [-0.15, -0.1) is 21.5 Å². The monoisotopic (exact) mass is 310 g/mol. The molecule has 4 nitrogen and oxygen atoms in total. The first kappa shape index (κ1) is 15.4. The lowest BCUT2D eigenvalue weighted by Gasteiger charge is -2.03. The Kier molecular flexibility index (Phi) is 4.75. The molecule has 0 spiro atoms. The number of hydrogen-bond acceptors (Lipinski definition) is 6. The number of anilines is 1. The fraction of sp³-hybridized carbons (Fsp3) is 0.643. The van der Waals surface area contributed by atoms with Crippen molar-refractivity contribution in [3.63, 3.8) is 0 Å². The van der Waals surface area contributed by atoms with Gasteiger partial charge in [0.25, 0.3) is 0 Å². The Morgan fingerprint density at radius 1 is 0.900 bits per heavy atom. The number of rotatable bonds is 5. The van der Waals surface area contributed by atoms with E-state index >= 15 is 0 Å². The van der Waals surface area contributed by atoms with Crippen LogP contribution in [0.15, 0.2) is 0 Å². The number of nitrogens with zero attached hydrogens (tertiary/aromatic N) is 3. The summed E-state index contributed by atoms with van der Waals surface area (Å²) in [6, 6.07) is 0.369. The first-order valence-corrected chi connectivity index (χ1v) is 8.62. The number of thiazole rings is 1. The van der Waals surface area contributed by atoms with Gasteiger partial charge in [-0.3, -0.25) is 0 Å². The van der Waals surface area contributed by atoms with Crippen molar-refractivity contribution in [1.82, 2.24) is 15.2 Å². The maximum absolute atomic E-state index is 4.79. The van der Waals surface area contributed by atoms with Gasteiger partial charge in [0.05, 0.1) is 15.6 Å². The van der Waals surface area contributed by atoms with Gasteiger partial charge in [0, 0.05) is 12.0 Å². The van der Waals surface area contributed by atoms with Crippen molar-refractivity contribution >= 4 is 27.8 Å². The van der Waals surface area contributed by atoms with E-state index in [9.17, 15) is 0 Å². The van der Waals surface area contributed by atoms with Crippen LogP contribution in [-0.2, 0) is 0 Å². The summed E-state index contributed by atoms with van der Waals surface area (Å²) in [5.41, 5.74) is 1.14. The molecule has 0 bridgehead atoms. The molecule has 0 saturated carbocycles. The zero-order valence-electron chi connectivity index (χ0n) is 12.9. The van der Waals surface area contributed by atoms with Gasteiger partial charge < -0.3 is 5.32 Å². The largest absolute Gasteiger partial charge is 0.358 e. The van der Waals surface area contributed by atoms with Crippen molar-refractivity contribution in [2.45, 2.75) is 59.4 Å². The Morgan fingerprint density at radius 3 is 2.15 bits per heavy atom. The maximum Gasteiger partial charge on any atom is 0.206 e. The van der Waals surface area contributed by atoms with Crippen LogP contribution < -0.4 is 5.32 Å². The van der Waals surface area contributed by atoms with Crippen molar-refractivity contribution in [3.8, 4) is 9.88 Å². The van der Waals surface area contributed by atoms with Crippen molar-refractivity contribution < 1.29 is 0 Å². The van der Waals surface area contributed by atoms with Gasteiger partial charge in [-0.2, -0.15) is 0 Å². The van der Waals surface area contributed by atoms with E-state index in [1.807, 2.05) is 0 Å². The first-order chi connectivity index (χ1) is 9.38. The van der Waals surface area contributed by atoms with E-state index in [0.29, 0.717) is 17.9 Å². The molecule has 0 unspecified atom stereocenters. The Morgan fingerprint density at radius 2 is 1.60 bits per heavy atom. The van der Waals surface area contributed by atoms with Crippen LogP contribution in [0.4, 0.5) is 5.13 Å². The second kappa shape index (κ2) is 6.18. The molecule has 2 aromatic heterocycles. The van der Waals surface area contributed by atoms with E-state index in [2.05, 4.69) is 57.1 Å². The molecule has 2 aromatic rings. The van der Waals surface area contributed by atoms with Crippen LogP contribution in [0.1, 0.15) is 64.1 Å². The van der Waals surface area contributed by atoms with E-state index < -0.39 is 0 Å². The summed E-state index contributed by atoms with van der Waals surface area (Å²) in [6.45, 7) is 12.9. The zero-order chi connectivity index (χ0) is 14.9. The number of hydrogen-bond donors (Lipinski definition) is 1. The molecule has 0 radical (unpaired) electrons. The standard InChI is InChI=1S/C14H22N4S2/c1-7(2)10-11(19-12(16-10)8(3)4)13-17-18-14(20-13)15-9(5)6/h7-9H,1-6H3,(H,15,18). The summed E-state index contributed by atoms with van der Waals surface area (Å²) < 4.78 is 0. The first-order valence-electron chi connectivity index (χ1n) is 6.99. The molecule has 110 valence electrons. The van der Waals surface area contributed by atoms with E-state index in [1.165, 1.54) is 9.88 Å². The molecule has 1 N–H and O–H groups in total. The van der Waals surface area contributed by atoms with Crippen molar-refractivity contribution in [1.29, 1.82) is 0 Å². The van der Waals surface area contributed by atoms with Crippen LogP contribution >= 0.6 is 22.7 Å². The topological polar surface area (TPSA) is 50.7 Å². The minimum Gasteiger partial charge on any atom is -0.358 e. The molecule has 0 aliphatic rings. The lowest BCUT2D eigenvalue weighted by Crippen LogP contribution is -2.08. The molecule has 2 rings (SSSR count). The minimum absolute atomic E-state index is 0.369. The summed E-state index contributed by atoms with van der Waals surface area (Å²) in [5, 5.41) is 14.9. The molecular weight excluding hydrogens is 288 g/mol. The molecule has 20 heavy (non-hydrogen) atoms. The SMILES string of the molecule is CC(C)Nc1nnc(-c2sc(C(C)C)nc2C(C)C)s1. The van der Waals surface area contributed by atoms with Gasteiger partial charge in [-0.05, 0) is 19.8 Å². The fourth-order valence-electron chi connectivity index (χ4n) is 1.76. The average molecular weight is 310 g/mol. The van der Waals surface area contributed by atoms with Crippen LogP contribution in [-0.4, -0.2) is 21.2 Å². The molecule has 0 fully saturated rings. The highest BCUT2D eigenvalue weighted by Gasteiger charge is 2.20. The molecule has 0 aliphatic heterocycles.